The molecular weight excluding hydrogens is 487 g/mol. The summed E-state index contributed by atoms with van der Waals surface area (Å²) < 4.78 is 5.89. The zero-order valence-corrected chi connectivity index (χ0v) is 19.1. The summed E-state index contributed by atoms with van der Waals surface area (Å²) in [5.74, 6) is -1.43. The molecule has 6 nitrogen and oxygen atoms in total. The topological polar surface area (TPSA) is 75.7 Å². The van der Waals surface area contributed by atoms with Crippen molar-refractivity contribution in [3.05, 3.63) is 98.5 Å². The van der Waals surface area contributed by atoms with E-state index in [-0.39, 0.29) is 28.0 Å². The lowest BCUT2D eigenvalue weighted by molar-refractivity contribution is -0.122. The van der Waals surface area contributed by atoms with E-state index in [0.29, 0.717) is 16.3 Å². The Morgan fingerprint density at radius 2 is 1.58 bits per heavy atom. The number of benzene rings is 3. The maximum atomic E-state index is 13.1. The van der Waals surface area contributed by atoms with Crippen LogP contribution in [0.4, 0.5) is 10.5 Å². The van der Waals surface area contributed by atoms with Crippen LogP contribution in [0.1, 0.15) is 11.1 Å². The number of para-hydroxylation sites is 1. The van der Waals surface area contributed by atoms with Gasteiger partial charge in [0.05, 0.1) is 10.7 Å². The molecule has 1 aliphatic rings. The second-order valence-corrected chi connectivity index (χ2v) is 8.23. The third-order valence-electron chi connectivity index (χ3n) is 4.78. The van der Waals surface area contributed by atoms with Crippen molar-refractivity contribution < 1.29 is 19.1 Å². The molecule has 0 aliphatic carbocycles. The Kier molecular flexibility index (Phi) is 6.70. The molecule has 3 aromatic carbocycles. The Morgan fingerprint density at radius 3 is 2.30 bits per heavy atom. The average molecular weight is 502 g/mol. The van der Waals surface area contributed by atoms with Crippen molar-refractivity contribution in [2.75, 3.05) is 4.90 Å². The van der Waals surface area contributed by atoms with Crippen molar-refractivity contribution in [3.63, 3.8) is 0 Å². The third-order valence-corrected chi connectivity index (χ3v) is 5.65. The largest absolute Gasteiger partial charge is 0.487 e. The minimum atomic E-state index is -0.842. The zero-order valence-electron chi connectivity index (χ0n) is 16.8. The lowest BCUT2D eigenvalue weighted by atomic mass is 10.1. The number of hydrogen-bond acceptors (Lipinski definition) is 4. The first kappa shape index (κ1) is 22.9. The molecule has 1 heterocycles. The molecule has 166 valence electrons. The molecule has 0 bridgehead atoms. The number of rotatable bonds is 5. The minimum Gasteiger partial charge on any atom is -0.487 e. The predicted octanol–water partition coefficient (Wildman–Crippen LogP) is 5.89. The number of anilines is 1. The molecule has 1 aliphatic heterocycles. The van der Waals surface area contributed by atoms with Crippen LogP contribution in [-0.4, -0.2) is 17.8 Å². The molecule has 0 atom stereocenters. The van der Waals surface area contributed by atoms with Crippen LogP contribution >= 0.6 is 34.8 Å². The highest BCUT2D eigenvalue weighted by Crippen LogP contribution is 2.35. The molecule has 4 amide bonds. The van der Waals surface area contributed by atoms with Gasteiger partial charge in [-0.3, -0.25) is 14.9 Å². The molecule has 0 spiro atoms. The summed E-state index contributed by atoms with van der Waals surface area (Å²) in [5.41, 5.74) is 1.05. The van der Waals surface area contributed by atoms with Crippen LogP contribution in [0, 0.1) is 0 Å². The van der Waals surface area contributed by atoms with Gasteiger partial charge >= 0.3 is 6.03 Å². The molecule has 0 radical (unpaired) electrons. The summed E-state index contributed by atoms with van der Waals surface area (Å²) in [4.78, 5) is 38.9. The van der Waals surface area contributed by atoms with Gasteiger partial charge in [-0.15, -0.1) is 0 Å². The van der Waals surface area contributed by atoms with Gasteiger partial charge in [-0.25, -0.2) is 9.69 Å². The number of carbonyl (C=O) groups excluding carboxylic acids is 3. The van der Waals surface area contributed by atoms with E-state index in [0.717, 1.165) is 10.5 Å². The molecule has 0 unspecified atom stereocenters. The molecule has 1 N–H and O–H groups in total. The number of halogens is 3. The van der Waals surface area contributed by atoms with Gasteiger partial charge < -0.3 is 4.74 Å². The van der Waals surface area contributed by atoms with Gasteiger partial charge in [0.2, 0.25) is 0 Å². The number of nitrogens with zero attached hydrogens (tertiary/aromatic N) is 1. The molecule has 1 saturated heterocycles. The maximum Gasteiger partial charge on any atom is 0.335 e. The van der Waals surface area contributed by atoms with Crippen molar-refractivity contribution in [3.8, 4) is 5.75 Å². The highest BCUT2D eigenvalue weighted by atomic mass is 35.5. The molecule has 9 heteroatoms. The minimum absolute atomic E-state index is 0.0893. The number of urea groups is 1. The van der Waals surface area contributed by atoms with E-state index in [1.165, 1.54) is 18.2 Å². The predicted molar refractivity (Wildman–Crippen MR) is 128 cm³/mol. The molecule has 4 rings (SSSR count). The first-order chi connectivity index (χ1) is 15.8. The van der Waals surface area contributed by atoms with E-state index in [9.17, 15) is 14.4 Å². The van der Waals surface area contributed by atoms with E-state index in [4.69, 9.17) is 39.5 Å². The third kappa shape index (κ3) is 4.88. The van der Waals surface area contributed by atoms with E-state index >= 15 is 0 Å². The van der Waals surface area contributed by atoms with Gasteiger partial charge in [-0.05, 0) is 36.4 Å². The monoisotopic (exact) mass is 500 g/mol. The summed E-state index contributed by atoms with van der Waals surface area (Å²) in [6.07, 6.45) is 1.29. The number of imide groups is 2. The van der Waals surface area contributed by atoms with Crippen molar-refractivity contribution in [2.24, 2.45) is 0 Å². The van der Waals surface area contributed by atoms with Crippen LogP contribution in [-0.2, 0) is 16.2 Å². The van der Waals surface area contributed by atoms with E-state index in [1.54, 1.807) is 48.5 Å². The van der Waals surface area contributed by atoms with E-state index in [1.807, 2.05) is 6.07 Å². The maximum absolute atomic E-state index is 13.1. The first-order valence-electron chi connectivity index (χ1n) is 9.67. The Balaban J connectivity index is 1.72. The van der Waals surface area contributed by atoms with E-state index < -0.39 is 17.8 Å². The normalized spacial score (nSPS) is 15.1. The summed E-state index contributed by atoms with van der Waals surface area (Å²) >= 11 is 18.7. The standard InChI is InChI=1S/C24H15Cl3N2O4/c25-16-10-15(21(20(27)12-16)33-13-14-6-4-5-9-19(14)26)11-18-22(30)28-24(32)29(23(18)31)17-7-2-1-3-8-17/h1-12H,13H2,(H,28,30,32)/b18-11+. The van der Waals surface area contributed by atoms with Crippen molar-refractivity contribution in [1.29, 1.82) is 0 Å². The fourth-order valence-electron chi connectivity index (χ4n) is 3.23. The molecule has 0 aromatic heterocycles. The highest BCUT2D eigenvalue weighted by Gasteiger charge is 2.37. The van der Waals surface area contributed by atoms with Gasteiger partial charge in [-0.1, -0.05) is 71.2 Å². The molecule has 3 aromatic rings. The Hall–Kier alpha value is -3.32. The van der Waals surface area contributed by atoms with Gasteiger partial charge in [0.15, 0.2) is 0 Å². The second-order valence-electron chi connectivity index (χ2n) is 6.98. The summed E-state index contributed by atoms with van der Waals surface area (Å²) in [5, 5.41) is 3.15. The molecule has 0 saturated carbocycles. The number of ether oxygens (including phenoxy) is 1. The SMILES string of the molecule is O=C1NC(=O)N(c2ccccc2)C(=O)/C1=C/c1cc(Cl)cc(Cl)c1OCc1ccccc1Cl. The zero-order chi connectivity index (χ0) is 23.5. The van der Waals surface area contributed by atoms with Crippen LogP contribution in [0.5, 0.6) is 5.75 Å². The Morgan fingerprint density at radius 1 is 0.879 bits per heavy atom. The van der Waals surface area contributed by atoms with Crippen LogP contribution in [0.25, 0.3) is 6.08 Å². The van der Waals surface area contributed by atoms with Crippen molar-refractivity contribution in [2.45, 2.75) is 6.61 Å². The lowest BCUT2D eigenvalue weighted by Gasteiger charge is -2.26. The summed E-state index contributed by atoms with van der Waals surface area (Å²) in [6.45, 7) is 0.0893. The summed E-state index contributed by atoms with van der Waals surface area (Å²) in [6, 6.07) is 17.5. The van der Waals surface area contributed by atoms with E-state index in [2.05, 4.69) is 5.32 Å². The molecule has 1 fully saturated rings. The quantitative estimate of drug-likeness (QED) is 0.349. The van der Waals surface area contributed by atoms with Crippen LogP contribution < -0.4 is 15.0 Å². The smallest absolute Gasteiger partial charge is 0.335 e. The number of barbiturate groups is 1. The number of hydrogen-bond donors (Lipinski definition) is 1. The molecule has 33 heavy (non-hydrogen) atoms. The van der Waals surface area contributed by atoms with Crippen LogP contribution in [0.3, 0.4) is 0 Å². The Bertz CT molecular complexity index is 1290. The van der Waals surface area contributed by atoms with Gasteiger partial charge in [-0.2, -0.15) is 0 Å². The number of carbonyl (C=O) groups is 3. The number of nitrogens with one attached hydrogen (secondary N) is 1. The lowest BCUT2D eigenvalue weighted by Crippen LogP contribution is -2.54. The first-order valence-corrected chi connectivity index (χ1v) is 10.8. The average Bonchev–Trinajstić information content (AvgIpc) is 2.77. The fourth-order valence-corrected chi connectivity index (χ4v) is 3.98. The Labute approximate surface area is 204 Å². The summed E-state index contributed by atoms with van der Waals surface area (Å²) in [7, 11) is 0. The van der Waals surface area contributed by atoms with Crippen molar-refractivity contribution in [1.82, 2.24) is 5.32 Å². The highest BCUT2D eigenvalue weighted by molar-refractivity contribution is 6.40. The van der Waals surface area contributed by atoms with Gasteiger partial charge in [0, 0.05) is 21.2 Å². The van der Waals surface area contributed by atoms with Crippen LogP contribution in [0.15, 0.2) is 72.3 Å². The fraction of sp³-hybridized carbons (Fsp3) is 0.0417. The molecular formula is C24H15Cl3N2O4. The van der Waals surface area contributed by atoms with Crippen molar-refractivity contribution >= 4 is 64.4 Å². The van der Waals surface area contributed by atoms with Gasteiger partial charge in [0.25, 0.3) is 11.8 Å². The van der Waals surface area contributed by atoms with Crippen LogP contribution in [0.2, 0.25) is 15.1 Å². The number of amides is 4. The second kappa shape index (κ2) is 9.67. The van der Waals surface area contributed by atoms with Gasteiger partial charge in [0.1, 0.15) is 17.9 Å².